The first kappa shape index (κ1) is 12.4. The average molecular weight is 241 g/mol. The van der Waals surface area contributed by atoms with E-state index in [1.807, 2.05) is 6.92 Å². The second-order valence-corrected chi connectivity index (χ2v) is 4.89. The van der Waals surface area contributed by atoms with Crippen LogP contribution in [0.5, 0.6) is 0 Å². The van der Waals surface area contributed by atoms with Crippen molar-refractivity contribution in [3.05, 3.63) is 0 Å². The summed E-state index contributed by atoms with van der Waals surface area (Å²) in [5, 5.41) is 11.8. The van der Waals surface area contributed by atoms with Gasteiger partial charge in [-0.1, -0.05) is 0 Å². The van der Waals surface area contributed by atoms with Gasteiger partial charge in [0.25, 0.3) is 0 Å². The molecule has 2 saturated carbocycles. The third-order valence-corrected chi connectivity index (χ3v) is 3.58. The van der Waals surface area contributed by atoms with Crippen LogP contribution in [0.4, 0.5) is 0 Å². The van der Waals surface area contributed by atoms with Crippen molar-refractivity contribution in [2.45, 2.75) is 44.8 Å². The standard InChI is InChI=1S/C12H19NO4/c1-2-17-10-6-9(10)11(14)13-8-4-3-7(5-8)12(15)16/h7-10H,2-6H2,1H3,(H,13,14)(H,15,16)/t7-,8+,9+,10-/m1/s1. The summed E-state index contributed by atoms with van der Waals surface area (Å²) in [7, 11) is 0. The fraction of sp³-hybridized carbons (Fsp3) is 0.833. The molecule has 0 heterocycles. The normalized spacial score (nSPS) is 35.6. The number of amides is 1. The predicted octanol–water partition coefficient (Wildman–Crippen LogP) is 0.781. The number of carbonyl (C=O) groups is 2. The van der Waals surface area contributed by atoms with Gasteiger partial charge in [-0.2, -0.15) is 0 Å². The van der Waals surface area contributed by atoms with Gasteiger partial charge in [-0.3, -0.25) is 9.59 Å². The Hall–Kier alpha value is -1.10. The Bertz CT molecular complexity index is 318. The average Bonchev–Trinajstić information content (AvgIpc) is 2.88. The number of ether oxygens (including phenoxy) is 1. The van der Waals surface area contributed by atoms with Gasteiger partial charge in [0.1, 0.15) is 0 Å². The fourth-order valence-corrected chi connectivity index (χ4v) is 2.49. The van der Waals surface area contributed by atoms with Crippen molar-refractivity contribution in [1.82, 2.24) is 5.32 Å². The summed E-state index contributed by atoms with van der Waals surface area (Å²) < 4.78 is 5.36. The highest BCUT2D eigenvalue weighted by Crippen LogP contribution is 2.34. The molecule has 2 fully saturated rings. The smallest absolute Gasteiger partial charge is 0.306 e. The number of carbonyl (C=O) groups excluding carboxylic acids is 1. The molecule has 0 radical (unpaired) electrons. The van der Waals surface area contributed by atoms with Gasteiger partial charge >= 0.3 is 5.97 Å². The topological polar surface area (TPSA) is 75.6 Å². The molecule has 2 rings (SSSR count). The molecule has 0 unspecified atom stereocenters. The largest absolute Gasteiger partial charge is 0.481 e. The summed E-state index contributed by atoms with van der Waals surface area (Å²) in [4.78, 5) is 22.6. The molecule has 5 heteroatoms. The van der Waals surface area contributed by atoms with Crippen molar-refractivity contribution in [1.29, 1.82) is 0 Å². The van der Waals surface area contributed by atoms with Crippen LogP contribution >= 0.6 is 0 Å². The molecule has 0 aliphatic heterocycles. The van der Waals surface area contributed by atoms with Crippen LogP contribution in [0.25, 0.3) is 0 Å². The molecule has 0 saturated heterocycles. The lowest BCUT2D eigenvalue weighted by Crippen LogP contribution is -2.35. The summed E-state index contributed by atoms with van der Waals surface area (Å²) >= 11 is 0. The maximum absolute atomic E-state index is 11.8. The van der Waals surface area contributed by atoms with E-state index in [-0.39, 0.29) is 29.9 Å². The van der Waals surface area contributed by atoms with E-state index < -0.39 is 5.97 Å². The van der Waals surface area contributed by atoms with E-state index in [1.165, 1.54) is 0 Å². The number of aliphatic carboxylic acids is 1. The van der Waals surface area contributed by atoms with E-state index in [4.69, 9.17) is 9.84 Å². The maximum atomic E-state index is 11.8. The molecule has 2 aliphatic carbocycles. The minimum absolute atomic E-state index is 0.0150. The van der Waals surface area contributed by atoms with Crippen LogP contribution in [0.15, 0.2) is 0 Å². The third-order valence-electron chi connectivity index (χ3n) is 3.58. The van der Waals surface area contributed by atoms with E-state index in [0.717, 1.165) is 12.8 Å². The van der Waals surface area contributed by atoms with Gasteiger partial charge in [-0.15, -0.1) is 0 Å². The monoisotopic (exact) mass is 241 g/mol. The molecular formula is C12H19NO4. The zero-order valence-electron chi connectivity index (χ0n) is 10.0. The molecule has 0 spiro atoms. The Kier molecular flexibility index (Phi) is 3.66. The summed E-state index contributed by atoms with van der Waals surface area (Å²) in [6.07, 6.45) is 2.88. The van der Waals surface area contributed by atoms with Crippen LogP contribution in [0.3, 0.4) is 0 Å². The molecule has 96 valence electrons. The number of hydrogen-bond donors (Lipinski definition) is 2. The Balaban J connectivity index is 1.72. The highest BCUT2D eigenvalue weighted by atomic mass is 16.5. The molecule has 1 amide bonds. The van der Waals surface area contributed by atoms with Crippen molar-refractivity contribution in [3.8, 4) is 0 Å². The van der Waals surface area contributed by atoms with E-state index in [2.05, 4.69) is 5.32 Å². The fourth-order valence-electron chi connectivity index (χ4n) is 2.49. The highest BCUT2D eigenvalue weighted by molar-refractivity contribution is 5.82. The van der Waals surface area contributed by atoms with Crippen LogP contribution in [0, 0.1) is 11.8 Å². The molecule has 0 bridgehead atoms. The summed E-state index contributed by atoms with van der Waals surface area (Å²) in [6, 6.07) is 0.0338. The second-order valence-electron chi connectivity index (χ2n) is 4.89. The van der Waals surface area contributed by atoms with Crippen LogP contribution in [0.1, 0.15) is 32.6 Å². The number of carboxylic acids is 1. The van der Waals surface area contributed by atoms with Crippen molar-refractivity contribution in [2.24, 2.45) is 11.8 Å². The first-order valence-electron chi connectivity index (χ1n) is 6.26. The molecule has 2 N–H and O–H groups in total. The van der Waals surface area contributed by atoms with Crippen LogP contribution in [-0.4, -0.2) is 35.7 Å². The lowest BCUT2D eigenvalue weighted by molar-refractivity contribution is -0.141. The Morgan fingerprint density at radius 3 is 2.71 bits per heavy atom. The zero-order chi connectivity index (χ0) is 12.4. The van der Waals surface area contributed by atoms with Crippen molar-refractivity contribution in [3.63, 3.8) is 0 Å². The SMILES string of the molecule is CCO[C@@H]1C[C@@H]1C(=O)N[C@H]1CC[C@@H](C(=O)O)C1. The predicted molar refractivity (Wildman–Crippen MR) is 60.4 cm³/mol. The van der Waals surface area contributed by atoms with Crippen molar-refractivity contribution in [2.75, 3.05) is 6.61 Å². The lowest BCUT2D eigenvalue weighted by atomic mass is 10.1. The highest BCUT2D eigenvalue weighted by Gasteiger charge is 2.45. The summed E-state index contributed by atoms with van der Waals surface area (Å²) in [5.41, 5.74) is 0. The molecular weight excluding hydrogens is 222 g/mol. The van der Waals surface area contributed by atoms with E-state index >= 15 is 0 Å². The van der Waals surface area contributed by atoms with Gasteiger partial charge in [0, 0.05) is 12.6 Å². The third kappa shape index (κ3) is 2.97. The van der Waals surface area contributed by atoms with Gasteiger partial charge in [0.15, 0.2) is 0 Å². The minimum Gasteiger partial charge on any atom is -0.481 e. The minimum atomic E-state index is -0.750. The molecule has 4 atom stereocenters. The van der Waals surface area contributed by atoms with E-state index in [0.29, 0.717) is 19.4 Å². The van der Waals surface area contributed by atoms with Crippen molar-refractivity contribution >= 4 is 11.9 Å². The Labute approximate surface area is 101 Å². The lowest BCUT2D eigenvalue weighted by Gasteiger charge is -2.12. The van der Waals surface area contributed by atoms with Crippen molar-refractivity contribution < 1.29 is 19.4 Å². The maximum Gasteiger partial charge on any atom is 0.306 e. The molecule has 0 aromatic heterocycles. The molecule has 0 aromatic carbocycles. The molecule has 17 heavy (non-hydrogen) atoms. The molecule has 2 aliphatic rings. The number of hydrogen-bond acceptors (Lipinski definition) is 3. The number of nitrogens with one attached hydrogen (secondary N) is 1. The Morgan fingerprint density at radius 2 is 2.12 bits per heavy atom. The molecule has 5 nitrogen and oxygen atoms in total. The van der Waals surface area contributed by atoms with Crippen LogP contribution in [0.2, 0.25) is 0 Å². The first-order chi connectivity index (χ1) is 8.11. The number of rotatable bonds is 5. The number of carboxylic acid groups (broad SMARTS) is 1. The van der Waals surface area contributed by atoms with E-state index in [9.17, 15) is 9.59 Å². The zero-order valence-corrected chi connectivity index (χ0v) is 10.0. The summed E-state index contributed by atoms with van der Waals surface area (Å²) in [6.45, 7) is 2.56. The van der Waals surface area contributed by atoms with Crippen LogP contribution in [-0.2, 0) is 14.3 Å². The van der Waals surface area contributed by atoms with Crippen LogP contribution < -0.4 is 5.32 Å². The quantitative estimate of drug-likeness (QED) is 0.746. The Morgan fingerprint density at radius 1 is 1.35 bits per heavy atom. The van der Waals surface area contributed by atoms with Gasteiger partial charge < -0.3 is 15.2 Å². The second kappa shape index (κ2) is 5.04. The summed E-state index contributed by atoms with van der Waals surface area (Å²) in [5.74, 6) is -1.03. The van der Waals surface area contributed by atoms with Gasteiger partial charge in [0.2, 0.25) is 5.91 Å². The van der Waals surface area contributed by atoms with Gasteiger partial charge in [-0.05, 0) is 32.6 Å². The first-order valence-corrected chi connectivity index (χ1v) is 6.26. The van der Waals surface area contributed by atoms with E-state index in [1.54, 1.807) is 0 Å². The van der Waals surface area contributed by atoms with Gasteiger partial charge in [0.05, 0.1) is 17.9 Å². The molecule has 0 aromatic rings. The van der Waals surface area contributed by atoms with Gasteiger partial charge in [-0.25, -0.2) is 0 Å².